The van der Waals surface area contributed by atoms with Gasteiger partial charge in [-0.3, -0.25) is 4.79 Å². The van der Waals surface area contributed by atoms with Crippen molar-refractivity contribution in [2.24, 2.45) is 0 Å². The Hall–Kier alpha value is -3.19. The number of methoxy groups -OCH3 is 1. The van der Waals surface area contributed by atoms with Gasteiger partial charge < -0.3 is 19.9 Å². The highest BCUT2D eigenvalue weighted by molar-refractivity contribution is 5.94. The summed E-state index contributed by atoms with van der Waals surface area (Å²) < 4.78 is 10.6. The number of aromatic nitrogens is 2. The number of benzene rings is 2. The Kier molecular flexibility index (Phi) is 6.39. The van der Waals surface area contributed by atoms with Crippen LogP contribution in [0.1, 0.15) is 40.6 Å². The van der Waals surface area contributed by atoms with Gasteiger partial charge in [-0.15, -0.1) is 0 Å². The second-order valence-electron chi connectivity index (χ2n) is 6.49. The number of nitrogens with zero attached hydrogens (tertiary/aromatic N) is 2. The zero-order chi connectivity index (χ0) is 19.9. The first-order valence-electron chi connectivity index (χ1n) is 9.10. The van der Waals surface area contributed by atoms with E-state index in [1.807, 2.05) is 44.3 Å². The molecular weight excluding hydrogens is 356 g/mol. The van der Waals surface area contributed by atoms with Gasteiger partial charge in [0, 0.05) is 18.0 Å². The maximum atomic E-state index is 12.8. The molecule has 0 aliphatic rings. The van der Waals surface area contributed by atoms with Crippen molar-refractivity contribution in [2.45, 2.75) is 25.4 Å². The van der Waals surface area contributed by atoms with Crippen molar-refractivity contribution < 1.29 is 14.1 Å². The van der Waals surface area contributed by atoms with E-state index in [0.29, 0.717) is 29.4 Å². The fourth-order valence-corrected chi connectivity index (χ4v) is 2.73. The van der Waals surface area contributed by atoms with Gasteiger partial charge in [0.1, 0.15) is 11.8 Å². The smallest absolute Gasteiger partial charge is 0.253 e. The topological polar surface area (TPSA) is 89.3 Å². The standard InChI is InChI=1S/C21H24N4O3/c1-14(22-2)13-18-23-21(28-25-18)19(15-7-5-4-6-8-15)24-20(26)16-9-11-17(27-3)12-10-16/h4-12,14,19,22H,13H2,1-3H3,(H,24,26). The molecule has 1 amide bonds. The van der Waals surface area contributed by atoms with Crippen molar-refractivity contribution >= 4 is 5.91 Å². The summed E-state index contributed by atoms with van der Waals surface area (Å²) in [4.78, 5) is 17.3. The van der Waals surface area contributed by atoms with E-state index >= 15 is 0 Å². The second-order valence-corrected chi connectivity index (χ2v) is 6.49. The molecule has 2 unspecified atom stereocenters. The SMILES string of the molecule is CNC(C)Cc1noc(C(NC(=O)c2ccc(OC)cc2)c2ccccc2)n1. The molecule has 7 heteroatoms. The van der Waals surface area contributed by atoms with E-state index in [-0.39, 0.29) is 11.9 Å². The zero-order valence-corrected chi connectivity index (χ0v) is 16.2. The van der Waals surface area contributed by atoms with E-state index in [9.17, 15) is 4.79 Å². The highest BCUT2D eigenvalue weighted by Crippen LogP contribution is 2.22. The molecule has 0 fully saturated rings. The Morgan fingerprint density at radius 1 is 1.14 bits per heavy atom. The largest absolute Gasteiger partial charge is 0.497 e. The van der Waals surface area contributed by atoms with Crippen LogP contribution in [0.2, 0.25) is 0 Å². The molecular formula is C21H24N4O3. The van der Waals surface area contributed by atoms with Crippen LogP contribution in [0.4, 0.5) is 0 Å². The minimum Gasteiger partial charge on any atom is -0.497 e. The van der Waals surface area contributed by atoms with Gasteiger partial charge in [-0.1, -0.05) is 35.5 Å². The van der Waals surface area contributed by atoms with E-state index in [0.717, 1.165) is 5.56 Å². The molecule has 3 rings (SSSR count). The molecule has 0 radical (unpaired) electrons. The summed E-state index contributed by atoms with van der Waals surface area (Å²) in [7, 11) is 3.47. The van der Waals surface area contributed by atoms with Crippen molar-refractivity contribution in [1.82, 2.24) is 20.8 Å². The first-order chi connectivity index (χ1) is 13.6. The number of hydrogen-bond acceptors (Lipinski definition) is 6. The van der Waals surface area contributed by atoms with Gasteiger partial charge in [0.05, 0.1) is 7.11 Å². The van der Waals surface area contributed by atoms with Crippen LogP contribution in [0.25, 0.3) is 0 Å². The minimum absolute atomic E-state index is 0.217. The Bertz CT molecular complexity index is 894. The number of ether oxygens (including phenoxy) is 1. The number of nitrogens with one attached hydrogen (secondary N) is 2. The van der Waals surface area contributed by atoms with E-state index in [2.05, 4.69) is 20.8 Å². The van der Waals surface area contributed by atoms with Gasteiger partial charge in [0.15, 0.2) is 5.82 Å². The summed E-state index contributed by atoms with van der Waals surface area (Å²) in [6, 6.07) is 16.2. The molecule has 0 saturated heterocycles. The third kappa shape index (κ3) is 4.75. The minimum atomic E-state index is -0.540. The number of carbonyl (C=O) groups excluding carboxylic acids is 1. The van der Waals surface area contributed by atoms with Crippen LogP contribution < -0.4 is 15.4 Å². The molecule has 146 valence electrons. The maximum absolute atomic E-state index is 12.8. The molecule has 0 bridgehead atoms. The molecule has 28 heavy (non-hydrogen) atoms. The quantitative estimate of drug-likeness (QED) is 0.625. The Balaban J connectivity index is 1.84. The van der Waals surface area contributed by atoms with Crippen LogP contribution >= 0.6 is 0 Å². The third-order valence-electron chi connectivity index (χ3n) is 4.47. The number of carbonyl (C=O) groups is 1. The van der Waals surface area contributed by atoms with Crippen molar-refractivity contribution in [2.75, 3.05) is 14.2 Å². The fourth-order valence-electron chi connectivity index (χ4n) is 2.73. The molecule has 7 nitrogen and oxygen atoms in total. The number of amides is 1. The second kappa shape index (κ2) is 9.14. The highest BCUT2D eigenvalue weighted by atomic mass is 16.5. The van der Waals surface area contributed by atoms with Gasteiger partial charge in [-0.2, -0.15) is 4.98 Å². The van der Waals surface area contributed by atoms with Crippen LogP contribution in [0.15, 0.2) is 59.1 Å². The van der Waals surface area contributed by atoms with Crippen LogP contribution in [0, 0.1) is 0 Å². The summed E-state index contributed by atoms with van der Waals surface area (Å²) in [6.45, 7) is 2.04. The van der Waals surface area contributed by atoms with Gasteiger partial charge >= 0.3 is 0 Å². The molecule has 0 aliphatic carbocycles. The van der Waals surface area contributed by atoms with Crippen molar-refractivity contribution in [3.05, 3.63) is 77.4 Å². The van der Waals surface area contributed by atoms with Crippen molar-refractivity contribution in [3.63, 3.8) is 0 Å². The average molecular weight is 380 g/mol. The lowest BCUT2D eigenvalue weighted by molar-refractivity contribution is 0.0936. The van der Waals surface area contributed by atoms with E-state index in [1.165, 1.54) is 0 Å². The molecule has 2 atom stereocenters. The Morgan fingerprint density at radius 2 is 1.86 bits per heavy atom. The number of likely N-dealkylation sites (N-methyl/N-ethyl adjacent to an activating group) is 1. The molecule has 2 aromatic carbocycles. The summed E-state index contributed by atoms with van der Waals surface area (Å²) >= 11 is 0. The summed E-state index contributed by atoms with van der Waals surface area (Å²) in [5.41, 5.74) is 1.38. The molecule has 1 aromatic heterocycles. The maximum Gasteiger partial charge on any atom is 0.253 e. The lowest BCUT2D eigenvalue weighted by Gasteiger charge is -2.15. The normalized spacial score (nSPS) is 13.0. The summed E-state index contributed by atoms with van der Waals surface area (Å²) in [6.07, 6.45) is 0.633. The van der Waals surface area contributed by atoms with Gasteiger partial charge in [-0.25, -0.2) is 0 Å². The Morgan fingerprint density at radius 3 is 2.50 bits per heavy atom. The average Bonchev–Trinajstić information content (AvgIpc) is 3.20. The van der Waals surface area contributed by atoms with Crippen LogP contribution in [0.3, 0.4) is 0 Å². The molecule has 1 heterocycles. The third-order valence-corrected chi connectivity index (χ3v) is 4.47. The summed E-state index contributed by atoms with van der Waals surface area (Å²) in [5.74, 6) is 1.40. The monoisotopic (exact) mass is 380 g/mol. The van der Waals surface area contributed by atoms with Crippen LogP contribution in [-0.4, -0.2) is 36.2 Å². The predicted octanol–water partition coefficient (Wildman–Crippen LogP) is 2.75. The molecule has 2 N–H and O–H groups in total. The first kappa shape index (κ1) is 19.6. The molecule has 3 aromatic rings. The fraction of sp³-hybridized carbons (Fsp3) is 0.286. The lowest BCUT2D eigenvalue weighted by Crippen LogP contribution is -2.29. The van der Waals surface area contributed by atoms with E-state index in [1.54, 1.807) is 31.4 Å². The Labute approximate surface area is 164 Å². The zero-order valence-electron chi connectivity index (χ0n) is 16.2. The summed E-state index contributed by atoms with van der Waals surface area (Å²) in [5, 5.41) is 10.2. The van der Waals surface area contributed by atoms with Crippen LogP contribution in [-0.2, 0) is 6.42 Å². The van der Waals surface area contributed by atoms with Gasteiger partial charge in [-0.05, 0) is 43.8 Å². The van der Waals surface area contributed by atoms with Gasteiger partial charge in [0.25, 0.3) is 11.8 Å². The first-order valence-corrected chi connectivity index (χ1v) is 9.10. The molecule has 0 aliphatic heterocycles. The van der Waals surface area contributed by atoms with E-state index < -0.39 is 6.04 Å². The van der Waals surface area contributed by atoms with Crippen LogP contribution in [0.5, 0.6) is 5.75 Å². The predicted molar refractivity (Wildman–Crippen MR) is 105 cm³/mol. The van der Waals surface area contributed by atoms with Crippen molar-refractivity contribution in [1.29, 1.82) is 0 Å². The lowest BCUT2D eigenvalue weighted by atomic mass is 10.1. The van der Waals surface area contributed by atoms with Crippen molar-refractivity contribution in [3.8, 4) is 5.75 Å². The molecule has 0 spiro atoms. The number of hydrogen-bond donors (Lipinski definition) is 2. The highest BCUT2D eigenvalue weighted by Gasteiger charge is 2.24. The van der Waals surface area contributed by atoms with Gasteiger partial charge in [0.2, 0.25) is 0 Å². The molecule has 0 saturated carbocycles. The van der Waals surface area contributed by atoms with E-state index in [4.69, 9.17) is 9.26 Å². The number of rotatable bonds is 8.